The Bertz CT molecular complexity index is 3720. The summed E-state index contributed by atoms with van der Waals surface area (Å²) in [4.78, 5) is 0. The quantitative estimate of drug-likeness (QED) is 0.182. The summed E-state index contributed by atoms with van der Waals surface area (Å²) in [6, 6.07) is 79.9. The summed E-state index contributed by atoms with van der Waals surface area (Å²) in [5.41, 5.74) is 14.4. The minimum Gasteiger partial charge on any atom is -0.365 e. The monoisotopic (exact) mass is 792 g/mol. The van der Waals surface area contributed by atoms with Gasteiger partial charge in [0.25, 0.3) is 0 Å². The Balaban J connectivity index is 0.971. The lowest BCUT2D eigenvalue weighted by molar-refractivity contribution is 0.509. The molecule has 1 aliphatic rings. The van der Waals surface area contributed by atoms with Crippen LogP contribution in [0.1, 0.15) is 28.9 Å². The van der Waals surface area contributed by atoms with E-state index in [4.69, 9.17) is 0 Å². The maximum Gasteiger partial charge on any atom is 0.104 e. The highest BCUT2D eigenvalue weighted by molar-refractivity contribution is 6.17. The molecule has 0 saturated heterocycles. The van der Waals surface area contributed by atoms with Crippen LogP contribution in [-0.4, -0.2) is 9.13 Å². The molecule has 1 aliphatic heterocycles. The molecule has 12 aromatic rings. The van der Waals surface area contributed by atoms with Gasteiger partial charge in [0.05, 0.1) is 28.1 Å². The molecule has 292 valence electrons. The van der Waals surface area contributed by atoms with E-state index in [0.29, 0.717) is 0 Å². The normalized spacial score (nSPS) is 15.2. The highest BCUT2D eigenvalue weighted by Gasteiger charge is 2.30. The summed E-state index contributed by atoms with van der Waals surface area (Å²) in [5.74, 6) is 0. The van der Waals surface area contributed by atoms with Gasteiger partial charge in [-0.25, -0.2) is 0 Å². The predicted molar refractivity (Wildman–Crippen MR) is 260 cm³/mol. The van der Waals surface area contributed by atoms with Crippen LogP contribution >= 0.6 is 0 Å². The van der Waals surface area contributed by atoms with Crippen molar-refractivity contribution >= 4 is 70.8 Å². The Kier molecular flexibility index (Phi) is 7.78. The summed E-state index contributed by atoms with van der Waals surface area (Å²) in [6.45, 7) is 0. The van der Waals surface area contributed by atoms with Crippen molar-refractivity contribution in [3.63, 3.8) is 0 Å². The van der Waals surface area contributed by atoms with E-state index in [-0.39, 0.29) is 12.2 Å². The lowest BCUT2D eigenvalue weighted by atomic mass is 9.88. The lowest BCUT2D eigenvalue weighted by Crippen LogP contribution is -2.37. The first-order valence-electron chi connectivity index (χ1n) is 21.5. The number of fused-ring (bicyclic) bond motifs is 10. The molecule has 2 aromatic heterocycles. The summed E-state index contributed by atoms with van der Waals surface area (Å²) >= 11 is 0. The standard InChI is InChI=1S/C58H40N4/c1-2-19-41(20-3-1)61-51-28-10-8-24-46(51)47-33-32-39(36-54(47)61)44-26-14-30-53-55(44)49-25-9-11-29-52(49)62(53)42-21-12-18-40(35-42)58-59-56-45-23-7-5-16-38(45)31-34-50(56)57(60-58)48-27-13-17-37-15-4-6-22-43(37)48/h1-36,57-60H. The molecule has 0 spiro atoms. The maximum atomic E-state index is 4.09. The van der Waals surface area contributed by atoms with E-state index in [1.165, 1.54) is 98.7 Å². The van der Waals surface area contributed by atoms with Crippen LogP contribution in [0.4, 0.5) is 5.69 Å². The third-order valence-electron chi connectivity index (χ3n) is 13.2. The molecule has 2 N–H and O–H groups in total. The Morgan fingerprint density at radius 3 is 1.84 bits per heavy atom. The van der Waals surface area contributed by atoms with Crippen molar-refractivity contribution < 1.29 is 0 Å². The van der Waals surface area contributed by atoms with Crippen molar-refractivity contribution in [2.45, 2.75) is 12.2 Å². The third kappa shape index (κ3) is 5.30. The Morgan fingerprint density at radius 1 is 0.371 bits per heavy atom. The number of hydrogen-bond donors (Lipinski definition) is 2. The molecule has 3 heterocycles. The molecule has 2 unspecified atom stereocenters. The largest absolute Gasteiger partial charge is 0.365 e. The molecule has 0 bridgehead atoms. The van der Waals surface area contributed by atoms with E-state index >= 15 is 0 Å². The summed E-state index contributed by atoms with van der Waals surface area (Å²) in [7, 11) is 0. The molecule has 0 fully saturated rings. The summed E-state index contributed by atoms with van der Waals surface area (Å²) < 4.78 is 4.86. The fourth-order valence-corrected chi connectivity index (χ4v) is 10.4. The van der Waals surface area contributed by atoms with Crippen LogP contribution in [0, 0.1) is 0 Å². The van der Waals surface area contributed by atoms with E-state index in [0.717, 1.165) is 11.4 Å². The van der Waals surface area contributed by atoms with Crippen LogP contribution < -0.4 is 10.6 Å². The topological polar surface area (TPSA) is 33.9 Å². The van der Waals surface area contributed by atoms with Gasteiger partial charge in [0.2, 0.25) is 0 Å². The van der Waals surface area contributed by atoms with Crippen LogP contribution in [0.25, 0.3) is 87.7 Å². The van der Waals surface area contributed by atoms with Crippen LogP contribution in [0.5, 0.6) is 0 Å². The highest BCUT2D eigenvalue weighted by Crippen LogP contribution is 2.44. The fraction of sp³-hybridized carbons (Fsp3) is 0.0345. The van der Waals surface area contributed by atoms with Crippen LogP contribution in [0.15, 0.2) is 218 Å². The molecule has 62 heavy (non-hydrogen) atoms. The van der Waals surface area contributed by atoms with Gasteiger partial charge in [-0.3, -0.25) is 5.32 Å². The van der Waals surface area contributed by atoms with Crippen molar-refractivity contribution in [2.24, 2.45) is 0 Å². The van der Waals surface area contributed by atoms with Crippen molar-refractivity contribution in [2.75, 3.05) is 5.32 Å². The molecule has 0 saturated carbocycles. The molecule has 13 rings (SSSR count). The van der Waals surface area contributed by atoms with Gasteiger partial charge in [-0.05, 0) is 92.5 Å². The second-order valence-electron chi connectivity index (χ2n) is 16.6. The molecule has 0 amide bonds. The number of nitrogens with zero attached hydrogens (tertiary/aromatic N) is 2. The third-order valence-corrected chi connectivity index (χ3v) is 13.2. The van der Waals surface area contributed by atoms with E-state index < -0.39 is 0 Å². The highest BCUT2D eigenvalue weighted by atomic mass is 15.2. The molecule has 0 radical (unpaired) electrons. The minimum absolute atomic E-state index is 0.0238. The number of hydrogen-bond acceptors (Lipinski definition) is 2. The van der Waals surface area contributed by atoms with E-state index in [1.807, 2.05) is 0 Å². The van der Waals surface area contributed by atoms with Crippen LogP contribution in [0.3, 0.4) is 0 Å². The van der Waals surface area contributed by atoms with E-state index in [1.54, 1.807) is 0 Å². The second-order valence-corrected chi connectivity index (χ2v) is 16.6. The number of nitrogens with one attached hydrogen (secondary N) is 2. The van der Waals surface area contributed by atoms with Gasteiger partial charge in [-0.15, -0.1) is 0 Å². The van der Waals surface area contributed by atoms with Gasteiger partial charge in [-0.2, -0.15) is 0 Å². The zero-order chi connectivity index (χ0) is 40.7. The molecule has 4 heteroatoms. The van der Waals surface area contributed by atoms with Gasteiger partial charge in [0.1, 0.15) is 6.17 Å². The smallest absolute Gasteiger partial charge is 0.104 e. The predicted octanol–water partition coefficient (Wildman–Crippen LogP) is 14.7. The van der Waals surface area contributed by atoms with Crippen molar-refractivity contribution in [1.82, 2.24) is 14.5 Å². The van der Waals surface area contributed by atoms with Crippen molar-refractivity contribution in [3.05, 3.63) is 235 Å². The molecule has 0 aliphatic carbocycles. The molecular weight excluding hydrogens is 753 g/mol. The molecule has 2 atom stereocenters. The fourth-order valence-electron chi connectivity index (χ4n) is 10.4. The van der Waals surface area contributed by atoms with Gasteiger partial charge in [0.15, 0.2) is 0 Å². The average molecular weight is 793 g/mol. The number of benzene rings is 10. The number of para-hydroxylation sites is 3. The average Bonchev–Trinajstić information content (AvgIpc) is 3.86. The molecular formula is C58H40N4. The second kappa shape index (κ2) is 13.8. The summed E-state index contributed by atoms with van der Waals surface area (Å²) in [5, 5.41) is 18.1. The Labute approximate surface area is 358 Å². The first-order valence-corrected chi connectivity index (χ1v) is 21.5. The Hall–Kier alpha value is -7.92. The van der Waals surface area contributed by atoms with E-state index in [9.17, 15) is 0 Å². The zero-order valence-electron chi connectivity index (χ0n) is 33.8. The van der Waals surface area contributed by atoms with Crippen LogP contribution in [-0.2, 0) is 0 Å². The molecule has 10 aromatic carbocycles. The maximum absolute atomic E-state index is 4.09. The van der Waals surface area contributed by atoms with Gasteiger partial charge < -0.3 is 14.5 Å². The number of rotatable bonds is 5. The SMILES string of the molecule is c1ccc(-n2c3ccccc3c3ccc(-c4cccc5c4c4ccccc4n5-c4cccc(C5Nc6c(ccc7ccccc67)C(c6cccc7ccccc67)N5)c4)cc32)cc1. The van der Waals surface area contributed by atoms with Crippen molar-refractivity contribution in [3.8, 4) is 22.5 Å². The summed E-state index contributed by atoms with van der Waals surface area (Å²) in [6.07, 6.45) is -0.149. The van der Waals surface area contributed by atoms with E-state index in [2.05, 4.69) is 238 Å². The Morgan fingerprint density at radius 2 is 0.984 bits per heavy atom. The van der Waals surface area contributed by atoms with Crippen LogP contribution in [0.2, 0.25) is 0 Å². The molecule has 4 nitrogen and oxygen atoms in total. The van der Waals surface area contributed by atoms with Gasteiger partial charge in [0, 0.05) is 44.0 Å². The van der Waals surface area contributed by atoms with Gasteiger partial charge >= 0.3 is 0 Å². The zero-order valence-corrected chi connectivity index (χ0v) is 33.8. The van der Waals surface area contributed by atoms with Crippen molar-refractivity contribution in [1.29, 1.82) is 0 Å². The first kappa shape index (κ1) is 34.9. The number of aromatic nitrogens is 2. The first-order chi connectivity index (χ1) is 30.8. The minimum atomic E-state index is -0.149. The lowest BCUT2D eigenvalue weighted by Gasteiger charge is -2.36. The van der Waals surface area contributed by atoms with Gasteiger partial charge in [-0.1, -0.05) is 170 Å². The number of anilines is 1.